The van der Waals surface area contributed by atoms with Crippen LogP contribution in [0.2, 0.25) is 0 Å². The van der Waals surface area contributed by atoms with Gasteiger partial charge in [0.15, 0.2) is 0 Å². The second-order valence-corrected chi connectivity index (χ2v) is 5.90. The molecular weight excluding hydrogens is 314 g/mol. The Labute approximate surface area is 138 Å². The number of halogens is 2. The Morgan fingerprint density at radius 1 is 1.21 bits per heavy atom. The Morgan fingerprint density at radius 2 is 1.92 bits per heavy atom. The van der Waals surface area contributed by atoms with E-state index in [1.807, 2.05) is 0 Å². The summed E-state index contributed by atoms with van der Waals surface area (Å²) in [5, 5.41) is 2.96. The summed E-state index contributed by atoms with van der Waals surface area (Å²) in [4.78, 5) is 21.9. The molecule has 1 aromatic heterocycles. The normalized spacial score (nSPS) is 16.1. The second kappa shape index (κ2) is 7.44. The predicted octanol–water partition coefficient (Wildman–Crippen LogP) is 2.15. The molecule has 5 nitrogen and oxygen atoms in total. The minimum Gasteiger partial charge on any atom is -0.348 e. The number of nitrogens with one attached hydrogen (secondary N) is 1. The van der Waals surface area contributed by atoms with Gasteiger partial charge in [-0.25, -0.2) is 18.7 Å². The lowest BCUT2D eigenvalue weighted by Crippen LogP contribution is -2.44. The van der Waals surface area contributed by atoms with Crippen molar-refractivity contribution in [2.45, 2.75) is 25.4 Å². The molecule has 126 valence electrons. The molecule has 24 heavy (non-hydrogen) atoms. The molecule has 1 N–H and O–H groups in total. The number of carbonyl (C=O) groups is 1. The number of hydrogen-bond acceptors (Lipinski definition) is 4. The van der Waals surface area contributed by atoms with Crippen molar-refractivity contribution in [1.29, 1.82) is 0 Å². The third-order valence-electron chi connectivity index (χ3n) is 4.07. The monoisotopic (exact) mass is 332 g/mol. The van der Waals surface area contributed by atoms with Gasteiger partial charge in [-0.2, -0.15) is 0 Å². The minimum absolute atomic E-state index is 0.0768. The highest BCUT2D eigenvalue weighted by atomic mass is 19.1. The van der Waals surface area contributed by atoms with E-state index < -0.39 is 11.6 Å². The van der Waals surface area contributed by atoms with Gasteiger partial charge in [0.25, 0.3) is 5.91 Å². The van der Waals surface area contributed by atoms with Gasteiger partial charge < -0.3 is 5.32 Å². The lowest BCUT2D eigenvalue weighted by atomic mass is 10.0. The molecule has 2 heterocycles. The van der Waals surface area contributed by atoms with E-state index in [4.69, 9.17) is 0 Å². The first-order valence-corrected chi connectivity index (χ1v) is 7.84. The van der Waals surface area contributed by atoms with Gasteiger partial charge in [0, 0.05) is 37.9 Å². The number of aromatic nitrogens is 2. The first-order chi connectivity index (χ1) is 11.6. The van der Waals surface area contributed by atoms with Crippen molar-refractivity contribution in [2.24, 2.45) is 0 Å². The molecule has 0 atom stereocenters. The minimum atomic E-state index is -0.558. The van der Waals surface area contributed by atoms with Crippen molar-refractivity contribution in [3.63, 3.8) is 0 Å². The van der Waals surface area contributed by atoms with Crippen LogP contribution in [0, 0.1) is 11.6 Å². The van der Waals surface area contributed by atoms with Gasteiger partial charge in [-0.1, -0.05) is 0 Å². The molecule has 7 heteroatoms. The second-order valence-electron chi connectivity index (χ2n) is 5.90. The molecule has 1 aromatic carbocycles. The largest absolute Gasteiger partial charge is 0.348 e. The number of likely N-dealkylation sites (tertiary alicyclic amines) is 1. The van der Waals surface area contributed by atoms with Crippen LogP contribution in [0.15, 0.2) is 36.8 Å². The van der Waals surface area contributed by atoms with Crippen molar-refractivity contribution in [3.8, 4) is 0 Å². The van der Waals surface area contributed by atoms with E-state index in [2.05, 4.69) is 20.2 Å². The average Bonchev–Trinajstić information content (AvgIpc) is 2.56. The van der Waals surface area contributed by atoms with Crippen LogP contribution in [0.25, 0.3) is 0 Å². The number of benzene rings is 1. The molecule has 0 saturated carbocycles. The van der Waals surface area contributed by atoms with Crippen molar-refractivity contribution >= 4 is 5.91 Å². The molecule has 1 saturated heterocycles. The van der Waals surface area contributed by atoms with Gasteiger partial charge in [-0.3, -0.25) is 9.69 Å². The number of piperidine rings is 1. The van der Waals surface area contributed by atoms with E-state index in [1.165, 1.54) is 24.7 Å². The molecule has 1 aliphatic heterocycles. The zero-order chi connectivity index (χ0) is 16.9. The summed E-state index contributed by atoms with van der Waals surface area (Å²) < 4.78 is 26.5. The van der Waals surface area contributed by atoms with Crippen LogP contribution in [0.3, 0.4) is 0 Å². The maximum Gasteiger partial charge on any atom is 0.270 e. The van der Waals surface area contributed by atoms with Crippen LogP contribution in [0.4, 0.5) is 8.78 Å². The first-order valence-electron chi connectivity index (χ1n) is 7.84. The Morgan fingerprint density at radius 3 is 2.54 bits per heavy atom. The number of rotatable bonds is 4. The first kappa shape index (κ1) is 16.4. The Kier molecular flexibility index (Phi) is 5.10. The summed E-state index contributed by atoms with van der Waals surface area (Å²) in [6.07, 6.45) is 4.45. The topological polar surface area (TPSA) is 58.1 Å². The fraction of sp³-hybridized carbons (Fsp3) is 0.353. The molecule has 2 aromatic rings. The van der Waals surface area contributed by atoms with E-state index in [-0.39, 0.29) is 11.9 Å². The zero-order valence-electron chi connectivity index (χ0n) is 13.1. The van der Waals surface area contributed by atoms with Crippen molar-refractivity contribution < 1.29 is 13.6 Å². The number of nitrogens with zero attached hydrogens (tertiary/aromatic N) is 3. The van der Waals surface area contributed by atoms with Gasteiger partial charge >= 0.3 is 0 Å². The Bertz CT molecular complexity index is 683. The predicted molar refractivity (Wildman–Crippen MR) is 84.2 cm³/mol. The molecule has 1 fully saturated rings. The summed E-state index contributed by atoms with van der Waals surface area (Å²) in [5.74, 6) is -1.32. The smallest absolute Gasteiger partial charge is 0.270 e. The van der Waals surface area contributed by atoms with E-state index in [1.54, 1.807) is 6.07 Å². The number of carbonyl (C=O) groups excluding carboxylic acids is 1. The highest BCUT2D eigenvalue weighted by Gasteiger charge is 2.21. The molecule has 3 rings (SSSR count). The Balaban J connectivity index is 1.50. The molecule has 0 unspecified atom stereocenters. The summed E-state index contributed by atoms with van der Waals surface area (Å²) in [5.41, 5.74) is 0.971. The zero-order valence-corrected chi connectivity index (χ0v) is 13.1. The van der Waals surface area contributed by atoms with Gasteiger partial charge in [0.05, 0.1) is 0 Å². The van der Waals surface area contributed by atoms with Crippen LogP contribution in [-0.4, -0.2) is 39.9 Å². The molecule has 0 bridgehead atoms. The number of hydrogen-bond donors (Lipinski definition) is 1. The Hall–Kier alpha value is -2.41. The summed E-state index contributed by atoms with van der Waals surface area (Å²) in [6.45, 7) is 2.01. The van der Waals surface area contributed by atoms with Crippen LogP contribution in [0.5, 0.6) is 0 Å². The highest BCUT2D eigenvalue weighted by molar-refractivity contribution is 5.92. The SMILES string of the molecule is O=C(NC1CCN(Cc2cc(F)cc(F)c2)CC1)c1ccncn1. The van der Waals surface area contributed by atoms with Crippen molar-refractivity contribution in [2.75, 3.05) is 13.1 Å². The maximum atomic E-state index is 13.2. The molecular formula is C17H18F2N4O. The van der Waals surface area contributed by atoms with E-state index in [0.717, 1.165) is 32.0 Å². The molecule has 1 aliphatic rings. The molecule has 0 aliphatic carbocycles. The van der Waals surface area contributed by atoms with Crippen molar-refractivity contribution in [1.82, 2.24) is 20.2 Å². The molecule has 1 amide bonds. The number of amides is 1. The highest BCUT2D eigenvalue weighted by Crippen LogP contribution is 2.16. The molecule has 0 spiro atoms. The van der Waals surface area contributed by atoms with E-state index in [9.17, 15) is 13.6 Å². The summed E-state index contributed by atoms with van der Waals surface area (Å²) in [6, 6.07) is 5.23. The van der Waals surface area contributed by atoms with Crippen molar-refractivity contribution in [3.05, 3.63) is 59.7 Å². The van der Waals surface area contributed by atoms with Crippen LogP contribution >= 0.6 is 0 Å². The van der Waals surface area contributed by atoms with E-state index in [0.29, 0.717) is 17.8 Å². The van der Waals surface area contributed by atoms with Gasteiger partial charge in [-0.15, -0.1) is 0 Å². The third-order valence-corrected chi connectivity index (χ3v) is 4.07. The maximum absolute atomic E-state index is 13.2. The average molecular weight is 332 g/mol. The lowest BCUT2D eigenvalue weighted by Gasteiger charge is -2.32. The van der Waals surface area contributed by atoms with Crippen LogP contribution in [-0.2, 0) is 6.54 Å². The third kappa shape index (κ3) is 4.32. The van der Waals surface area contributed by atoms with E-state index >= 15 is 0 Å². The fourth-order valence-corrected chi connectivity index (χ4v) is 2.88. The summed E-state index contributed by atoms with van der Waals surface area (Å²) >= 11 is 0. The standard InChI is InChI=1S/C17H18F2N4O/c18-13-7-12(8-14(19)9-13)10-23-5-2-15(3-6-23)22-17(24)16-1-4-20-11-21-16/h1,4,7-9,11,15H,2-3,5-6,10H2,(H,22,24). The fourth-order valence-electron chi connectivity index (χ4n) is 2.88. The summed E-state index contributed by atoms with van der Waals surface area (Å²) in [7, 11) is 0. The van der Waals surface area contributed by atoms with Crippen LogP contribution < -0.4 is 5.32 Å². The quantitative estimate of drug-likeness (QED) is 0.932. The van der Waals surface area contributed by atoms with Gasteiger partial charge in [0.1, 0.15) is 23.7 Å². The van der Waals surface area contributed by atoms with Crippen LogP contribution in [0.1, 0.15) is 28.9 Å². The lowest BCUT2D eigenvalue weighted by molar-refractivity contribution is 0.0903. The van der Waals surface area contributed by atoms with Gasteiger partial charge in [0.2, 0.25) is 0 Å². The van der Waals surface area contributed by atoms with Gasteiger partial charge in [-0.05, 0) is 36.6 Å². The molecule has 0 radical (unpaired) electrons.